The van der Waals surface area contributed by atoms with Crippen molar-refractivity contribution in [1.82, 2.24) is 0 Å². The Hall–Kier alpha value is -1.36. The van der Waals surface area contributed by atoms with Gasteiger partial charge in [0.15, 0.2) is 0 Å². The van der Waals surface area contributed by atoms with E-state index >= 15 is 0 Å². The van der Waals surface area contributed by atoms with Crippen molar-refractivity contribution in [3.8, 4) is 5.75 Å². The number of thioether (sulfide) groups is 1. The Morgan fingerprint density at radius 1 is 1.61 bits per heavy atom. The normalized spacial score (nSPS) is 17.8. The summed E-state index contributed by atoms with van der Waals surface area (Å²) in [6, 6.07) is 5.75. The van der Waals surface area contributed by atoms with E-state index in [9.17, 15) is 4.79 Å². The molecule has 1 aliphatic rings. The molecule has 0 aromatic heterocycles. The molecule has 2 rings (SSSR count). The molecule has 2 N–H and O–H groups in total. The van der Waals surface area contributed by atoms with Gasteiger partial charge in [0.05, 0.1) is 18.0 Å². The number of carbonyl (C=O) groups is 1. The van der Waals surface area contributed by atoms with E-state index < -0.39 is 5.97 Å². The fraction of sp³-hybridized carbons (Fsp3) is 0.462. The van der Waals surface area contributed by atoms with Crippen molar-refractivity contribution in [3.05, 3.63) is 18.2 Å². The fourth-order valence-corrected chi connectivity index (χ4v) is 2.43. The van der Waals surface area contributed by atoms with E-state index in [-0.39, 0.29) is 11.9 Å². The predicted octanol–water partition coefficient (Wildman–Crippen LogP) is 2.69. The van der Waals surface area contributed by atoms with E-state index in [4.69, 9.17) is 9.84 Å². The highest BCUT2D eigenvalue weighted by atomic mass is 32.2. The Morgan fingerprint density at radius 2 is 2.39 bits per heavy atom. The van der Waals surface area contributed by atoms with Crippen LogP contribution >= 0.6 is 11.8 Å². The van der Waals surface area contributed by atoms with Crippen LogP contribution in [-0.2, 0) is 4.79 Å². The molecule has 4 nitrogen and oxygen atoms in total. The summed E-state index contributed by atoms with van der Waals surface area (Å²) in [6.45, 7) is 5.06. The van der Waals surface area contributed by atoms with Crippen molar-refractivity contribution in [2.24, 2.45) is 5.92 Å². The SMILES string of the molecule is CC(C)C1CNc2cc(SCC(=O)O)ccc2O1. The number of ether oxygens (including phenoxy) is 1. The summed E-state index contributed by atoms with van der Waals surface area (Å²) in [5, 5.41) is 12.0. The molecule has 0 radical (unpaired) electrons. The average molecular weight is 267 g/mol. The first-order valence-electron chi connectivity index (χ1n) is 5.95. The molecule has 1 atom stereocenters. The number of hydrogen-bond donors (Lipinski definition) is 2. The van der Waals surface area contributed by atoms with Crippen LogP contribution in [0.25, 0.3) is 0 Å². The Balaban J connectivity index is 2.07. The molecule has 0 aliphatic carbocycles. The van der Waals surface area contributed by atoms with Gasteiger partial charge in [-0.15, -0.1) is 11.8 Å². The Bertz CT molecular complexity index is 448. The second-order valence-corrected chi connectivity index (χ2v) is 5.67. The van der Waals surface area contributed by atoms with Crippen molar-refractivity contribution in [2.75, 3.05) is 17.6 Å². The van der Waals surface area contributed by atoms with Crippen LogP contribution in [0.5, 0.6) is 5.75 Å². The van der Waals surface area contributed by atoms with E-state index in [1.54, 1.807) is 0 Å². The lowest BCUT2D eigenvalue weighted by Crippen LogP contribution is -2.34. The van der Waals surface area contributed by atoms with Crippen molar-refractivity contribution < 1.29 is 14.6 Å². The van der Waals surface area contributed by atoms with Crippen LogP contribution in [0.3, 0.4) is 0 Å². The number of fused-ring (bicyclic) bond motifs is 1. The molecule has 98 valence electrons. The summed E-state index contributed by atoms with van der Waals surface area (Å²) in [6.07, 6.45) is 0.190. The molecule has 1 aliphatic heterocycles. The lowest BCUT2D eigenvalue weighted by Gasteiger charge is -2.30. The van der Waals surface area contributed by atoms with Crippen molar-refractivity contribution >= 4 is 23.4 Å². The Kier molecular flexibility index (Phi) is 4.01. The van der Waals surface area contributed by atoms with Gasteiger partial charge >= 0.3 is 5.97 Å². The first-order chi connectivity index (χ1) is 8.56. The number of carboxylic acid groups (broad SMARTS) is 1. The minimum absolute atomic E-state index is 0.0776. The molecule has 1 unspecified atom stereocenters. The quantitative estimate of drug-likeness (QED) is 0.821. The van der Waals surface area contributed by atoms with Gasteiger partial charge in [-0.2, -0.15) is 0 Å². The van der Waals surface area contributed by atoms with Gasteiger partial charge in [0.1, 0.15) is 11.9 Å². The third kappa shape index (κ3) is 3.10. The lowest BCUT2D eigenvalue weighted by molar-refractivity contribution is -0.133. The van der Waals surface area contributed by atoms with E-state index in [1.807, 2.05) is 18.2 Å². The van der Waals surface area contributed by atoms with Crippen LogP contribution in [0, 0.1) is 5.92 Å². The average Bonchev–Trinajstić information content (AvgIpc) is 2.35. The molecule has 1 aromatic rings. The zero-order valence-electron chi connectivity index (χ0n) is 10.5. The molecule has 1 aromatic carbocycles. The van der Waals surface area contributed by atoms with Crippen LogP contribution < -0.4 is 10.1 Å². The third-order valence-electron chi connectivity index (χ3n) is 2.83. The second kappa shape index (κ2) is 5.52. The van der Waals surface area contributed by atoms with Gasteiger partial charge in [-0.1, -0.05) is 13.8 Å². The van der Waals surface area contributed by atoms with Crippen LogP contribution in [0.4, 0.5) is 5.69 Å². The molecule has 18 heavy (non-hydrogen) atoms. The first-order valence-corrected chi connectivity index (χ1v) is 6.94. The Labute approximate surface area is 111 Å². The monoisotopic (exact) mass is 267 g/mol. The van der Waals surface area contributed by atoms with Crippen LogP contribution in [0.15, 0.2) is 23.1 Å². The molecule has 0 amide bonds. The number of hydrogen-bond acceptors (Lipinski definition) is 4. The first kappa shape index (κ1) is 13.1. The van der Waals surface area contributed by atoms with Gasteiger partial charge < -0.3 is 15.2 Å². The summed E-state index contributed by atoms with van der Waals surface area (Å²) in [4.78, 5) is 11.5. The zero-order valence-corrected chi connectivity index (χ0v) is 11.3. The standard InChI is InChI=1S/C13H17NO3S/c1-8(2)12-6-14-10-5-9(18-7-13(15)16)3-4-11(10)17-12/h3-5,8,12,14H,6-7H2,1-2H3,(H,15,16). The largest absolute Gasteiger partial charge is 0.486 e. The van der Waals surface area contributed by atoms with Crippen LogP contribution in [0.1, 0.15) is 13.8 Å². The number of nitrogens with one attached hydrogen (secondary N) is 1. The third-order valence-corrected chi connectivity index (χ3v) is 3.81. The van der Waals surface area contributed by atoms with E-state index in [2.05, 4.69) is 19.2 Å². The van der Waals surface area contributed by atoms with E-state index in [1.165, 1.54) is 11.8 Å². The maximum absolute atomic E-state index is 10.5. The highest BCUT2D eigenvalue weighted by Crippen LogP contribution is 2.34. The minimum atomic E-state index is -0.804. The molecule has 5 heteroatoms. The summed E-state index contributed by atoms with van der Waals surface area (Å²) in [5.74, 6) is 0.585. The number of benzene rings is 1. The van der Waals surface area contributed by atoms with E-state index in [0.29, 0.717) is 5.92 Å². The second-order valence-electron chi connectivity index (χ2n) is 4.62. The molecular formula is C13H17NO3S. The molecule has 0 spiro atoms. The van der Waals surface area contributed by atoms with Gasteiger partial charge in [-0.05, 0) is 24.1 Å². The van der Waals surface area contributed by atoms with E-state index in [0.717, 1.165) is 22.9 Å². The number of anilines is 1. The number of aliphatic carboxylic acids is 1. The highest BCUT2D eigenvalue weighted by molar-refractivity contribution is 8.00. The van der Waals surface area contributed by atoms with Crippen molar-refractivity contribution in [2.45, 2.75) is 24.8 Å². The number of rotatable bonds is 4. The molecule has 0 saturated heterocycles. The molecular weight excluding hydrogens is 250 g/mol. The molecule has 0 fully saturated rings. The van der Waals surface area contributed by atoms with Gasteiger partial charge in [0.2, 0.25) is 0 Å². The van der Waals surface area contributed by atoms with Crippen molar-refractivity contribution in [1.29, 1.82) is 0 Å². The predicted molar refractivity (Wildman–Crippen MR) is 72.5 cm³/mol. The summed E-state index contributed by atoms with van der Waals surface area (Å²) >= 11 is 1.31. The van der Waals surface area contributed by atoms with Crippen molar-refractivity contribution in [3.63, 3.8) is 0 Å². The fourth-order valence-electron chi connectivity index (χ4n) is 1.77. The summed E-state index contributed by atoms with van der Waals surface area (Å²) < 4.78 is 5.89. The minimum Gasteiger partial charge on any atom is -0.486 e. The summed E-state index contributed by atoms with van der Waals surface area (Å²) in [5.41, 5.74) is 0.947. The zero-order chi connectivity index (χ0) is 13.1. The van der Waals surface area contributed by atoms with Gasteiger partial charge in [-0.3, -0.25) is 4.79 Å². The van der Waals surface area contributed by atoms with Gasteiger partial charge in [-0.25, -0.2) is 0 Å². The van der Waals surface area contributed by atoms with Crippen LogP contribution in [-0.4, -0.2) is 29.5 Å². The lowest BCUT2D eigenvalue weighted by atomic mass is 10.1. The Morgan fingerprint density at radius 3 is 3.06 bits per heavy atom. The van der Waals surface area contributed by atoms with Gasteiger partial charge in [0, 0.05) is 4.90 Å². The van der Waals surface area contributed by atoms with Gasteiger partial charge in [0.25, 0.3) is 0 Å². The highest BCUT2D eigenvalue weighted by Gasteiger charge is 2.22. The number of carboxylic acids is 1. The molecule has 0 bridgehead atoms. The molecule has 1 heterocycles. The maximum atomic E-state index is 10.5. The smallest absolute Gasteiger partial charge is 0.313 e. The summed E-state index contributed by atoms with van der Waals surface area (Å²) in [7, 11) is 0. The van der Waals surface area contributed by atoms with Crippen LogP contribution in [0.2, 0.25) is 0 Å². The maximum Gasteiger partial charge on any atom is 0.313 e. The molecule has 0 saturated carbocycles. The topological polar surface area (TPSA) is 58.6 Å².